The highest BCUT2D eigenvalue weighted by Gasteiger charge is 2.64. The molecule has 0 radical (unpaired) electrons. The fourth-order valence-corrected chi connectivity index (χ4v) is 4.78. The highest BCUT2D eigenvalue weighted by Crippen LogP contribution is 2.41. The second-order valence-electron chi connectivity index (χ2n) is 8.05. The largest absolute Gasteiger partial charge is 0.464 e. The van der Waals surface area contributed by atoms with Gasteiger partial charge in [0, 0.05) is 38.1 Å². The summed E-state index contributed by atoms with van der Waals surface area (Å²) in [6.45, 7) is 4.03. The van der Waals surface area contributed by atoms with Crippen molar-refractivity contribution in [1.82, 2.24) is 24.7 Å². The van der Waals surface area contributed by atoms with Gasteiger partial charge in [-0.1, -0.05) is 0 Å². The maximum atomic E-state index is 13.4. The monoisotopic (exact) mass is 385 g/mol. The number of hydrogen-bond acceptors (Lipinski definition) is 7. The van der Waals surface area contributed by atoms with E-state index < -0.39 is 17.7 Å². The fraction of sp³-hybridized carbons (Fsp3) is 0.526. The van der Waals surface area contributed by atoms with Gasteiger partial charge in [0.1, 0.15) is 17.1 Å². The van der Waals surface area contributed by atoms with E-state index >= 15 is 0 Å². The third-order valence-electron chi connectivity index (χ3n) is 6.05. The molecule has 9 nitrogen and oxygen atoms in total. The van der Waals surface area contributed by atoms with Gasteiger partial charge in [0.05, 0.1) is 25.0 Å². The summed E-state index contributed by atoms with van der Waals surface area (Å²) >= 11 is 0. The van der Waals surface area contributed by atoms with Crippen LogP contribution in [-0.4, -0.2) is 78.9 Å². The van der Waals surface area contributed by atoms with Crippen LogP contribution in [0.5, 0.6) is 0 Å². The van der Waals surface area contributed by atoms with Gasteiger partial charge in [0.25, 0.3) is 5.91 Å². The molecule has 2 N–H and O–H groups in total. The first-order valence-corrected chi connectivity index (χ1v) is 9.52. The number of fused-ring (bicyclic) bond motifs is 2. The van der Waals surface area contributed by atoms with Crippen molar-refractivity contribution in [2.45, 2.75) is 44.1 Å². The van der Waals surface area contributed by atoms with E-state index in [4.69, 9.17) is 4.42 Å². The number of β-amino-alcohol motifs (C(OH)–C–C–N with tert-alkyl or cyclic N) is 1. The van der Waals surface area contributed by atoms with Crippen molar-refractivity contribution in [1.29, 1.82) is 0 Å². The average Bonchev–Trinajstić information content (AvgIpc) is 3.35. The zero-order valence-electron chi connectivity index (χ0n) is 15.7. The van der Waals surface area contributed by atoms with Gasteiger partial charge >= 0.3 is 0 Å². The second kappa shape index (κ2) is 6.26. The third-order valence-corrected chi connectivity index (χ3v) is 6.05. The Balaban J connectivity index is 1.40. The summed E-state index contributed by atoms with van der Waals surface area (Å²) in [5.41, 5.74) is 0.215. The number of furan rings is 1. The lowest BCUT2D eigenvalue weighted by atomic mass is 9.82. The maximum absolute atomic E-state index is 13.4. The van der Waals surface area contributed by atoms with E-state index in [9.17, 15) is 14.7 Å². The van der Waals surface area contributed by atoms with Crippen molar-refractivity contribution in [3.05, 3.63) is 41.9 Å². The van der Waals surface area contributed by atoms with Crippen molar-refractivity contribution < 1.29 is 19.1 Å². The van der Waals surface area contributed by atoms with Crippen LogP contribution in [0.25, 0.3) is 0 Å². The van der Waals surface area contributed by atoms with E-state index in [1.807, 2.05) is 17.9 Å². The smallest absolute Gasteiger partial charge is 0.252 e. The predicted octanol–water partition coefficient (Wildman–Crippen LogP) is -0.130. The highest BCUT2D eigenvalue weighted by molar-refractivity contribution is 6.06. The summed E-state index contributed by atoms with van der Waals surface area (Å²) in [5.74, 6) is 0.898. The molecule has 2 aromatic rings. The Bertz CT molecular complexity index is 901. The van der Waals surface area contributed by atoms with Crippen LogP contribution in [0.15, 0.2) is 29.1 Å². The lowest BCUT2D eigenvalue weighted by Gasteiger charge is -2.58. The predicted molar refractivity (Wildman–Crippen MR) is 96.7 cm³/mol. The molecule has 3 aliphatic heterocycles. The Morgan fingerprint density at radius 1 is 1.32 bits per heavy atom. The Labute approximate surface area is 161 Å². The molecule has 5 heterocycles. The van der Waals surface area contributed by atoms with Gasteiger partial charge in [-0.2, -0.15) is 0 Å². The van der Waals surface area contributed by atoms with Crippen molar-refractivity contribution in [3.63, 3.8) is 0 Å². The minimum atomic E-state index is -0.766. The molecule has 28 heavy (non-hydrogen) atoms. The van der Waals surface area contributed by atoms with Crippen LogP contribution in [0.1, 0.15) is 23.6 Å². The molecule has 0 bridgehead atoms. The van der Waals surface area contributed by atoms with E-state index in [1.165, 1.54) is 4.90 Å². The van der Waals surface area contributed by atoms with Gasteiger partial charge in [-0.05, 0) is 25.5 Å². The molecule has 0 saturated carbocycles. The van der Waals surface area contributed by atoms with Gasteiger partial charge in [-0.15, -0.1) is 0 Å². The van der Waals surface area contributed by atoms with Crippen LogP contribution in [0.4, 0.5) is 0 Å². The van der Waals surface area contributed by atoms with Gasteiger partial charge in [-0.25, -0.2) is 4.98 Å². The van der Waals surface area contributed by atoms with Crippen LogP contribution in [0, 0.1) is 6.92 Å². The molecule has 3 fully saturated rings. The molecule has 2 atom stereocenters. The first-order chi connectivity index (χ1) is 13.5. The van der Waals surface area contributed by atoms with Crippen LogP contribution >= 0.6 is 0 Å². The Morgan fingerprint density at radius 2 is 2.14 bits per heavy atom. The molecule has 0 aliphatic carbocycles. The number of aromatic nitrogens is 2. The van der Waals surface area contributed by atoms with E-state index in [2.05, 4.69) is 14.9 Å². The molecule has 3 aliphatic rings. The number of nitrogens with zero attached hydrogens (tertiary/aromatic N) is 4. The number of likely N-dealkylation sites (tertiary alicyclic amines) is 1. The Kier molecular flexibility index (Phi) is 3.94. The lowest BCUT2D eigenvalue weighted by molar-refractivity contribution is -0.181. The van der Waals surface area contributed by atoms with Crippen LogP contribution in [-0.2, 0) is 22.7 Å². The number of piperazine rings is 1. The number of aliphatic hydroxyl groups excluding tert-OH is 1. The van der Waals surface area contributed by atoms with Crippen molar-refractivity contribution in [2.75, 3.05) is 19.6 Å². The summed E-state index contributed by atoms with van der Waals surface area (Å²) in [5, 5.41) is 10.2. The van der Waals surface area contributed by atoms with Crippen LogP contribution < -0.4 is 0 Å². The summed E-state index contributed by atoms with van der Waals surface area (Å²) in [4.78, 5) is 39.0. The van der Waals surface area contributed by atoms with Crippen molar-refractivity contribution in [2.24, 2.45) is 0 Å². The first-order valence-electron chi connectivity index (χ1n) is 9.52. The topological polar surface area (TPSA) is 106 Å². The fourth-order valence-electron chi connectivity index (χ4n) is 4.78. The third kappa shape index (κ3) is 2.61. The number of aryl methyl sites for hydroxylation is 1. The molecule has 148 valence electrons. The second-order valence-corrected chi connectivity index (χ2v) is 8.05. The number of rotatable bonds is 4. The number of aromatic amines is 1. The highest BCUT2D eigenvalue weighted by atomic mass is 16.3. The SMILES string of the molecule is Cc1ccc(CN2C(=O)[C@@H]3C[C@@H](O)CN3C3(CN(Cc4cnc[nH]4)C3)C2=O)o1. The molecule has 0 unspecified atom stereocenters. The van der Waals surface area contributed by atoms with Gasteiger partial charge in [0.15, 0.2) is 0 Å². The van der Waals surface area contributed by atoms with Crippen LogP contribution in [0.3, 0.4) is 0 Å². The zero-order valence-corrected chi connectivity index (χ0v) is 15.7. The van der Waals surface area contributed by atoms with Gasteiger partial charge in [0.2, 0.25) is 5.91 Å². The number of imide groups is 1. The summed E-state index contributed by atoms with van der Waals surface area (Å²) in [7, 11) is 0. The molecule has 0 aromatic carbocycles. The number of aliphatic hydroxyl groups is 1. The van der Waals surface area contributed by atoms with E-state index in [-0.39, 0.29) is 18.4 Å². The van der Waals surface area contributed by atoms with E-state index in [1.54, 1.807) is 18.6 Å². The Hall–Kier alpha value is -2.49. The molecule has 3 saturated heterocycles. The maximum Gasteiger partial charge on any atom is 0.252 e. The quantitative estimate of drug-likeness (QED) is 0.706. The molecule has 9 heteroatoms. The lowest BCUT2D eigenvalue weighted by Crippen LogP contribution is -2.81. The first kappa shape index (κ1) is 17.6. The summed E-state index contributed by atoms with van der Waals surface area (Å²) in [6.07, 6.45) is 3.17. The zero-order chi connectivity index (χ0) is 19.5. The minimum Gasteiger partial charge on any atom is -0.464 e. The summed E-state index contributed by atoms with van der Waals surface area (Å²) in [6, 6.07) is 3.16. The molecular formula is C19H23N5O4. The van der Waals surface area contributed by atoms with Gasteiger partial charge in [-0.3, -0.25) is 24.3 Å². The number of imidazole rings is 1. The van der Waals surface area contributed by atoms with Gasteiger partial charge < -0.3 is 14.5 Å². The number of carbonyl (C=O) groups is 2. The summed E-state index contributed by atoms with van der Waals surface area (Å²) < 4.78 is 5.60. The molecule has 5 rings (SSSR count). The van der Waals surface area contributed by atoms with Crippen LogP contribution in [0.2, 0.25) is 0 Å². The number of H-pyrrole nitrogens is 1. The molecule has 2 aromatic heterocycles. The Morgan fingerprint density at radius 3 is 2.82 bits per heavy atom. The molecule has 2 amide bonds. The molecular weight excluding hydrogens is 362 g/mol. The average molecular weight is 385 g/mol. The minimum absolute atomic E-state index is 0.133. The number of nitrogens with one attached hydrogen (secondary N) is 1. The number of amides is 2. The standard InChI is InChI=1S/C19H23N5O4/c1-12-2-3-15(28-12)8-23-17(26)16-4-14(25)7-24(16)19(18(23)27)9-22(10-19)6-13-5-20-11-21-13/h2-3,5,11,14,16,25H,4,6-10H2,1H3,(H,20,21)/t14-,16+/m1/s1. The number of carbonyl (C=O) groups excluding carboxylic acids is 2. The van der Waals surface area contributed by atoms with Crippen molar-refractivity contribution >= 4 is 11.8 Å². The van der Waals surface area contributed by atoms with Crippen molar-refractivity contribution in [3.8, 4) is 0 Å². The van der Waals surface area contributed by atoms with E-state index in [0.717, 1.165) is 11.5 Å². The van der Waals surface area contributed by atoms with E-state index in [0.29, 0.717) is 38.4 Å². The molecule has 1 spiro atoms. The normalized spacial score (nSPS) is 27.4. The number of hydrogen-bond donors (Lipinski definition) is 2.